The number of hydrogen-bond donors (Lipinski definition) is 2. The van der Waals surface area contributed by atoms with Crippen molar-refractivity contribution in [3.8, 4) is 0 Å². The fourth-order valence-corrected chi connectivity index (χ4v) is 2.00. The van der Waals surface area contributed by atoms with Crippen LogP contribution < -0.4 is 5.32 Å². The summed E-state index contributed by atoms with van der Waals surface area (Å²) >= 11 is 0. The Morgan fingerprint density at radius 1 is 1.36 bits per heavy atom. The topological polar surface area (TPSA) is 41.5 Å². The van der Waals surface area contributed by atoms with E-state index in [1.165, 1.54) is 12.8 Å². The molecule has 0 bridgehead atoms. The summed E-state index contributed by atoms with van der Waals surface area (Å²) in [5.74, 6) is 0. The lowest BCUT2D eigenvalue weighted by molar-refractivity contribution is -0.0212. The van der Waals surface area contributed by atoms with Crippen LogP contribution in [0, 0.1) is 0 Å². The van der Waals surface area contributed by atoms with Gasteiger partial charge in [-0.1, -0.05) is 6.92 Å². The van der Waals surface area contributed by atoms with Crippen LogP contribution in [0.2, 0.25) is 0 Å². The summed E-state index contributed by atoms with van der Waals surface area (Å²) in [6.07, 6.45) is 4.71. The molecular weight excluding hydrogens is 178 g/mol. The molecule has 0 aromatic rings. The first kappa shape index (κ1) is 12.0. The van der Waals surface area contributed by atoms with E-state index in [-0.39, 0.29) is 6.10 Å². The standard InChI is InChI=1S/C11H23NO2/c1-3-12-10-4-6-11(7-5-10)14-8-9(2)13/h9-13H,3-8H2,1-2H3. The highest BCUT2D eigenvalue weighted by atomic mass is 16.5. The zero-order chi connectivity index (χ0) is 10.4. The fourth-order valence-electron chi connectivity index (χ4n) is 2.00. The van der Waals surface area contributed by atoms with E-state index in [9.17, 15) is 0 Å². The Kier molecular flexibility index (Phi) is 5.45. The van der Waals surface area contributed by atoms with Crippen LogP contribution in [-0.4, -0.2) is 36.5 Å². The molecule has 0 heterocycles. The van der Waals surface area contributed by atoms with Gasteiger partial charge >= 0.3 is 0 Å². The Morgan fingerprint density at radius 2 is 2.00 bits per heavy atom. The summed E-state index contributed by atoms with van der Waals surface area (Å²) in [6, 6.07) is 0.686. The van der Waals surface area contributed by atoms with Gasteiger partial charge in [0, 0.05) is 6.04 Å². The van der Waals surface area contributed by atoms with E-state index >= 15 is 0 Å². The molecule has 2 N–H and O–H groups in total. The van der Waals surface area contributed by atoms with Gasteiger partial charge in [-0.15, -0.1) is 0 Å². The van der Waals surface area contributed by atoms with Gasteiger partial charge in [0.05, 0.1) is 18.8 Å². The maximum atomic E-state index is 9.08. The third-order valence-electron chi connectivity index (χ3n) is 2.74. The minimum Gasteiger partial charge on any atom is -0.391 e. The second-order valence-corrected chi connectivity index (χ2v) is 4.21. The summed E-state index contributed by atoms with van der Waals surface area (Å²) in [6.45, 7) is 5.46. The van der Waals surface area contributed by atoms with Gasteiger partial charge in [0.25, 0.3) is 0 Å². The molecule has 3 heteroatoms. The maximum Gasteiger partial charge on any atom is 0.0745 e. The average molecular weight is 201 g/mol. The van der Waals surface area contributed by atoms with E-state index in [2.05, 4.69) is 12.2 Å². The van der Waals surface area contributed by atoms with E-state index in [0.29, 0.717) is 18.8 Å². The Bertz CT molecular complexity index is 142. The molecule has 0 aromatic carbocycles. The summed E-state index contributed by atoms with van der Waals surface area (Å²) in [7, 11) is 0. The number of aliphatic hydroxyl groups excluding tert-OH is 1. The molecule has 1 aliphatic carbocycles. The van der Waals surface area contributed by atoms with Crippen molar-refractivity contribution in [3.63, 3.8) is 0 Å². The molecule has 1 atom stereocenters. The molecule has 1 saturated carbocycles. The van der Waals surface area contributed by atoms with Crippen molar-refractivity contribution >= 4 is 0 Å². The van der Waals surface area contributed by atoms with Gasteiger partial charge in [-0.25, -0.2) is 0 Å². The highest BCUT2D eigenvalue weighted by molar-refractivity contribution is 4.77. The van der Waals surface area contributed by atoms with Crippen molar-refractivity contribution in [1.29, 1.82) is 0 Å². The number of hydrogen-bond acceptors (Lipinski definition) is 3. The minimum atomic E-state index is -0.332. The van der Waals surface area contributed by atoms with Gasteiger partial charge in [0.1, 0.15) is 0 Å². The van der Waals surface area contributed by atoms with Crippen molar-refractivity contribution < 1.29 is 9.84 Å². The van der Waals surface area contributed by atoms with Crippen LogP contribution in [-0.2, 0) is 4.74 Å². The van der Waals surface area contributed by atoms with Gasteiger partial charge < -0.3 is 15.2 Å². The van der Waals surface area contributed by atoms with Crippen LogP contribution in [0.3, 0.4) is 0 Å². The third-order valence-corrected chi connectivity index (χ3v) is 2.74. The first-order valence-corrected chi connectivity index (χ1v) is 5.75. The lowest BCUT2D eigenvalue weighted by Crippen LogP contribution is -2.35. The van der Waals surface area contributed by atoms with Gasteiger partial charge in [0.2, 0.25) is 0 Å². The molecule has 3 nitrogen and oxygen atoms in total. The summed E-state index contributed by atoms with van der Waals surface area (Å²) in [4.78, 5) is 0. The van der Waals surface area contributed by atoms with Crippen molar-refractivity contribution in [3.05, 3.63) is 0 Å². The molecule has 0 radical (unpaired) electrons. The van der Waals surface area contributed by atoms with Crippen LogP contribution in [0.1, 0.15) is 39.5 Å². The lowest BCUT2D eigenvalue weighted by atomic mass is 9.93. The largest absolute Gasteiger partial charge is 0.391 e. The zero-order valence-electron chi connectivity index (χ0n) is 9.33. The van der Waals surface area contributed by atoms with Crippen LogP contribution in [0.5, 0.6) is 0 Å². The second kappa shape index (κ2) is 6.38. The Hall–Kier alpha value is -0.120. The third kappa shape index (κ3) is 4.40. The van der Waals surface area contributed by atoms with Crippen LogP contribution >= 0.6 is 0 Å². The molecule has 1 unspecified atom stereocenters. The quantitative estimate of drug-likeness (QED) is 0.704. The Morgan fingerprint density at radius 3 is 2.50 bits per heavy atom. The first-order chi connectivity index (χ1) is 6.72. The van der Waals surface area contributed by atoms with Crippen molar-refractivity contribution in [2.75, 3.05) is 13.2 Å². The maximum absolute atomic E-state index is 9.08. The highest BCUT2D eigenvalue weighted by Crippen LogP contribution is 2.21. The molecule has 1 fully saturated rings. The average Bonchev–Trinajstić information content (AvgIpc) is 2.17. The minimum absolute atomic E-state index is 0.332. The monoisotopic (exact) mass is 201 g/mol. The molecule has 0 aromatic heterocycles. The zero-order valence-corrected chi connectivity index (χ0v) is 9.33. The molecule has 0 amide bonds. The van der Waals surface area contributed by atoms with E-state index in [4.69, 9.17) is 9.84 Å². The summed E-state index contributed by atoms with van der Waals surface area (Å²) in [5, 5.41) is 12.5. The molecule has 14 heavy (non-hydrogen) atoms. The van der Waals surface area contributed by atoms with Gasteiger partial charge in [-0.2, -0.15) is 0 Å². The summed E-state index contributed by atoms with van der Waals surface area (Å²) in [5.41, 5.74) is 0. The van der Waals surface area contributed by atoms with E-state index in [0.717, 1.165) is 19.4 Å². The fraction of sp³-hybridized carbons (Fsp3) is 1.00. The normalized spacial score (nSPS) is 30.2. The summed E-state index contributed by atoms with van der Waals surface area (Å²) < 4.78 is 5.59. The number of rotatable bonds is 5. The number of aliphatic hydroxyl groups is 1. The van der Waals surface area contributed by atoms with Gasteiger partial charge in [0.15, 0.2) is 0 Å². The Labute approximate surface area is 86.8 Å². The Balaban J connectivity index is 2.09. The van der Waals surface area contributed by atoms with Gasteiger partial charge in [-0.3, -0.25) is 0 Å². The molecule has 0 aliphatic heterocycles. The van der Waals surface area contributed by atoms with E-state index in [1.807, 2.05) is 0 Å². The van der Waals surface area contributed by atoms with Crippen LogP contribution in [0.25, 0.3) is 0 Å². The van der Waals surface area contributed by atoms with Crippen molar-refractivity contribution in [2.24, 2.45) is 0 Å². The molecule has 0 saturated heterocycles. The van der Waals surface area contributed by atoms with E-state index < -0.39 is 0 Å². The highest BCUT2D eigenvalue weighted by Gasteiger charge is 2.20. The number of ether oxygens (including phenoxy) is 1. The molecule has 1 rings (SSSR count). The smallest absolute Gasteiger partial charge is 0.0745 e. The van der Waals surface area contributed by atoms with Crippen LogP contribution in [0.4, 0.5) is 0 Å². The van der Waals surface area contributed by atoms with E-state index in [1.54, 1.807) is 6.92 Å². The van der Waals surface area contributed by atoms with Crippen molar-refractivity contribution in [1.82, 2.24) is 5.32 Å². The van der Waals surface area contributed by atoms with Gasteiger partial charge in [-0.05, 0) is 39.2 Å². The lowest BCUT2D eigenvalue weighted by Gasteiger charge is -2.29. The molecule has 84 valence electrons. The molecular formula is C11H23NO2. The van der Waals surface area contributed by atoms with Crippen molar-refractivity contribution in [2.45, 2.75) is 57.8 Å². The van der Waals surface area contributed by atoms with Crippen LogP contribution in [0.15, 0.2) is 0 Å². The number of nitrogens with one attached hydrogen (secondary N) is 1. The SMILES string of the molecule is CCNC1CCC(OCC(C)O)CC1. The first-order valence-electron chi connectivity index (χ1n) is 5.75. The predicted molar refractivity (Wildman–Crippen MR) is 57.4 cm³/mol. The molecule has 0 spiro atoms. The second-order valence-electron chi connectivity index (χ2n) is 4.21. The predicted octanol–water partition coefficient (Wildman–Crippen LogP) is 1.30. The molecule has 1 aliphatic rings.